The Kier molecular flexibility index (Phi) is 6.52. The number of rotatable bonds is 3. The van der Waals surface area contributed by atoms with Gasteiger partial charge >= 0.3 is 0 Å². The van der Waals surface area contributed by atoms with E-state index in [9.17, 15) is 8.42 Å². The van der Waals surface area contributed by atoms with Crippen molar-refractivity contribution in [3.05, 3.63) is 29.8 Å². The second-order valence-electron chi connectivity index (χ2n) is 9.33. The van der Waals surface area contributed by atoms with Crippen molar-refractivity contribution in [2.75, 3.05) is 13.2 Å². The first-order valence-electron chi connectivity index (χ1n) is 11.3. The van der Waals surface area contributed by atoms with Crippen LogP contribution in [0.25, 0.3) is 0 Å². The van der Waals surface area contributed by atoms with Crippen molar-refractivity contribution in [3.63, 3.8) is 0 Å². The molecule has 5 nitrogen and oxygen atoms in total. The summed E-state index contributed by atoms with van der Waals surface area (Å²) in [6.07, 6.45) is 7.64. The van der Waals surface area contributed by atoms with Crippen molar-refractivity contribution in [1.29, 1.82) is 0 Å². The van der Waals surface area contributed by atoms with Crippen molar-refractivity contribution >= 4 is 10.0 Å². The molecule has 0 aromatic heterocycles. The van der Waals surface area contributed by atoms with E-state index < -0.39 is 15.3 Å². The highest BCUT2D eigenvalue weighted by Crippen LogP contribution is 2.40. The van der Waals surface area contributed by atoms with E-state index in [0.717, 1.165) is 50.7 Å². The molecule has 1 aromatic rings. The molecule has 2 aliphatic carbocycles. The summed E-state index contributed by atoms with van der Waals surface area (Å²) in [5, 5.41) is -0.423. The summed E-state index contributed by atoms with van der Waals surface area (Å²) >= 11 is 0. The van der Waals surface area contributed by atoms with Crippen LogP contribution < -0.4 is 9.46 Å². The third-order valence-corrected chi connectivity index (χ3v) is 9.03. The van der Waals surface area contributed by atoms with Crippen LogP contribution in [0.2, 0.25) is 0 Å². The Hall–Kier alpha value is -1.11. The standard InChI is InChI=1S/C23H35NO4S/c1-16(2)29(25,26)24-22-8-5-6-18-14-28-23-9-4-3-7-20(23)17-10-12-19(13-11-17)27-15-21(18)22/h3-4,7,9,16-19,21-22,24H,5-6,8,10-15H2,1-2H3/t17-,18?,19+,21-,22+/m1/s1. The molecule has 2 saturated carbocycles. The van der Waals surface area contributed by atoms with Crippen LogP contribution in [0.4, 0.5) is 0 Å². The predicted molar refractivity (Wildman–Crippen MR) is 115 cm³/mol. The fourth-order valence-electron chi connectivity index (χ4n) is 5.24. The molecule has 162 valence electrons. The third kappa shape index (κ3) is 4.80. The molecule has 0 radical (unpaired) electrons. The van der Waals surface area contributed by atoms with Gasteiger partial charge in [0.2, 0.25) is 10.0 Å². The number of fused-ring (bicyclic) bond motifs is 4. The lowest BCUT2D eigenvalue weighted by molar-refractivity contribution is -0.0298. The smallest absolute Gasteiger partial charge is 0.214 e. The average molecular weight is 422 g/mol. The van der Waals surface area contributed by atoms with E-state index in [4.69, 9.17) is 9.47 Å². The Labute approximate surface area is 175 Å². The summed E-state index contributed by atoms with van der Waals surface area (Å²) in [5.74, 6) is 2.02. The van der Waals surface area contributed by atoms with Crippen LogP contribution in [0.1, 0.15) is 70.3 Å². The molecule has 3 atom stereocenters. The van der Waals surface area contributed by atoms with E-state index in [0.29, 0.717) is 31.2 Å². The van der Waals surface area contributed by atoms with Gasteiger partial charge in [-0.3, -0.25) is 0 Å². The molecule has 1 unspecified atom stereocenters. The predicted octanol–water partition coefficient (Wildman–Crippen LogP) is 4.23. The zero-order chi connectivity index (χ0) is 20.4. The molecule has 1 aromatic carbocycles. The number of hydrogen-bond acceptors (Lipinski definition) is 4. The van der Waals surface area contributed by atoms with Crippen LogP contribution in [0.15, 0.2) is 24.3 Å². The summed E-state index contributed by atoms with van der Waals surface area (Å²) in [5.41, 5.74) is 1.33. The molecule has 2 heterocycles. The summed E-state index contributed by atoms with van der Waals surface area (Å²) in [6, 6.07) is 8.40. The highest BCUT2D eigenvalue weighted by atomic mass is 32.2. The number of hydrogen-bond donors (Lipinski definition) is 1. The van der Waals surface area contributed by atoms with Crippen molar-refractivity contribution in [1.82, 2.24) is 4.72 Å². The Morgan fingerprint density at radius 2 is 1.76 bits per heavy atom. The number of para-hydroxylation sites is 1. The first-order valence-corrected chi connectivity index (χ1v) is 12.8. The van der Waals surface area contributed by atoms with E-state index in [1.165, 1.54) is 5.56 Å². The third-order valence-electron chi connectivity index (χ3n) is 7.16. The van der Waals surface area contributed by atoms with Gasteiger partial charge in [0.1, 0.15) is 5.75 Å². The molecule has 2 bridgehead atoms. The summed E-state index contributed by atoms with van der Waals surface area (Å²) in [6.45, 7) is 4.72. The number of sulfonamides is 1. The normalized spacial score (nSPS) is 33.1. The van der Waals surface area contributed by atoms with Crippen LogP contribution in [0.3, 0.4) is 0 Å². The van der Waals surface area contributed by atoms with Crippen molar-refractivity contribution in [2.24, 2.45) is 11.8 Å². The van der Waals surface area contributed by atoms with Gasteiger partial charge in [-0.2, -0.15) is 0 Å². The maximum atomic E-state index is 12.6. The molecular formula is C23H35NO4S. The minimum absolute atomic E-state index is 0.0701. The summed E-state index contributed by atoms with van der Waals surface area (Å²) in [7, 11) is -3.31. The SMILES string of the molecule is CC(C)S(=O)(=O)N[C@H]1CCCC2COc3ccccc3[C@H]3CC[C@H](CC3)OC[C@H]21. The average Bonchev–Trinajstić information content (AvgIpc) is 2.71. The molecule has 5 rings (SSSR count). The van der Waals surface area contributed by atoms with Crippen LogP contribution in [0.5, 0.6) is 5.75 Å². The minimum atomic E-state index is -3.31. The lowest BCUT2D eigenvalue weighted by Crippen LogP contribution is -2.50. The maximum absolute atomic E-state index is 12.6. The molecule has 2 fully saturated rings. The zero-order valence-electron chi connectivity index (χ0n) is 17.7. The Balaban J connectivity index is 1.58. The highest BCUT2D eigenvalue weighted by molar-refractivity contribution is 7.90. The van der Waals surface area contributed by atoms with Gasteiger partial charge in [-0.1, -0.05) is 24.6 Å². The van der Waals surface area contributed by atoms with Gasteiger partial charge in [0, 0.05) is 12.0 Å². The first-order chi connectivity index (χ1) is 13.9. The molecule has 4 aliphatic rings. The van der Waals surface area contributed by atoms with Crippen LogP contribution in [-0.2, 0) is 14.8 Å². The monoisotopic (exact) mass is 421 g/mol. The van der Waals surface area contributed by atoms with E-state index in [1.54, 1.807) is 13.8 Å². The van der Waals surface area contributed by atoms with E-state index in [-0.39, 0.29) is 12.0 Å². The Bertz CT molecular complexity index is 786. The molecule has 0 spiro atoms. The Morgan fingerprint density at radius 3 is 2.52 bits per heavy atom. The summed E-state index contributed by atoms with van der Waals surface area (Å²) in [4.78, 5) is 0. The lowest BCUT2D eigenvalue weighted by Gasteiger charge is -2.40. The van der Waals surface area contributed by atoms with E-state index in [2.05, 4.69) is 29.0 Å². The first kappa shape index (κ1) is 21.1. The molecular weight excluding hydrogens is 386 g/mol. The fraction of sp³-hybridized carbons (Fsp3) is 0.739. The van der Waals surface area contributed by atoms with Crippen molar-refractivity contribution in [3.8, 4) is 5.75 Å². The lowest BCUT2D eigenvalue weighted by atomic mass is 9.76. The quantitative estimate of drug-likeness (QED) is 0.793. The van der Waals surface area contributed by atoms with Gasteiger partial charge in [0.05, 0.1) is 24.6 Å². The van der Waals surface area contributed by atoms with Crippen molar-refractivity contribution < 1.29 is 17.9 Å². The molecule has 29 heavy (non-hydrogen) atoms. The van der Waals surface area contributed by atoms with Crippen LogP contribution >= 0.6 is 0 Å². The molecule has 0 saturated heterocycles. The fourth-order valence-corrected chi connectivity index (χ4v) is 6.23. The highest BCUT2D eigenvalue weighted by Gasteiger charge is 2.38. The van der Waals surface area contributed by atoms with Crippen molar-refractivity contribution in [2.45, 2.75) is 82.1 Å². The van der Waals surface area contributed by atoms with Gasteiger partial charge in [-0.25, -0.2) is 13.1 Å². The number of nitrogens with one attached hydrogen (secondary N) is 1. The van der Waals surface area contributed by atoms with Gasteiger partial charge in [-0.15, -0.1) is 0 Å². The molecule has 1 N–H and O–H groups in total. The minimum Gasteiger partial charge on any atom is -0.493 e. The van der Waals surface area contributed by atoms with E-state index in [1.807, 2.05) is 0 Å². The van der Waals surface area contributed by atoms with Crippen LogP contribution in [0, 0.1) is 11.8 Å². The number of benzene rings is 1. The maximum Gasteiger partial charge on any atom is 0.214 e. The van der Waals surface area contributed by atoms with Gasteiger partial charge in [0.25, 0.3) is 0 Å². The Morgan fingerprint density at radius 1 is 1.00 bits per heavy atom. The molecule has 0 amide bonds. The molecule has 6 heteroatoms. The zero-order valence-corrected chi connectivity index (χ0v) is 18.5. The second-order valence-corrected chi connectivity index (χ2v) is 11.6. The topological polar surface area (TPSA) is 64.6 Å². The van der Waals surface area contributed by atoms with Gasteiger partial charge in [-0.05, 0) is 75.8 Å². The van der Waals surface area contributed by atoms with E-state index >= 15 is 0 Å². The van der Waals surface area contributed by atoms with Gasteiger partial charge in [0.15, 0.2) is 0 Å². The number of ether oxygens (including phenoxy) is 2. The van der Waals surface area contributed by atoms with Gasteiger partial charge < -0.3 is 9.47 Å². The molecule has 2 aliphatic heterocycles. The second kappa shape index (κ2) is 8.94. The summed E-state index contributed by atoms with van der Waals surface area (Å²) < 4.78 is 40.9. The largest absolute Gasteiger partial charge is 0.493 e. The van der Waals surface area contributed by atoms with Crippen LogP contribution in [-0.4, -0.2) is 39.0 Å².